The standard InChI is InChI=1S/C14H9ClF2O/c15-12-2-1-3-13(16)11(12)6-9-4-5-10(8-18)14(17)7-9/h1-5,7-8H,6H2. The molecular formula is C14H9ClF2O. The van der Waals surface area contributed by atoms with Gasteiger partial charge in [0.05, 0.1) is 5.56 Å². The zero-order valence-electron chi connectivity index (χ0n) is 9.29. The molecule has 0 atom stereocenters. The topological polar surface area (TPSA) is 17.1 Å². The second-order valence-electron chi connectivity index (χ2n) is 3.85. The lowest BCUT2D eigenvalue weighted by atomic mass is 10.0. The van der Waals surface area contributed by atoms with Gasteiger partial charge in [-0.2, -0.15) is 0 Å². The summed E-state index contributed by atoms with van der Waals surface area (Å²) in [5.74, 6) is -1.04. The Morgan fingerprint density at radius 3 is 2.50 bits per heavy atom. The van der Waals surface area contributed by atoms with Crippen molar-refractivity contribution in [3.63, 3.8) is 0 Å². The number of hydrogen-bond acceptors (Lipinski definition) is 1. The third kappa shape index (κ3) is 2.57. The second-order valence-corrected chi connectivity index (χ2v) is 4.26. The van der Waals surface area contributed by atoms with Crippen molar-refractivity contribution >= 4 is 17.9 Å². The fraction of sp³-hybridized carbons (Fsp3) is 0.0714. The highest BCUT2D eigenvalue weighted by Crippen LogP contribution is 2.22. The molecule has 0 bridgehead atoms. The van der Waals surface area contributed by atoms with Crippen molar-refractivity contribution in [1.29, 1.82) is 0 Å². The van der Waals surface area contributed by atoms with Crippen LogP contribution in [0, 0.1) is 11.6 Å². The minimum atomic E-state index is -0.616. The van der Waals surface area contributed by atoms with Crippen LogP contribution >= 0.6 is 11.6 Å². The van der Waals surface area contributed by atoms with Gasteiger partial charge in [0, 0.05) is 17.0 Å². The summed E-state index contributed by atoms with van der Waals surface area (Å²) in [4.78, 5) is 10.5. The van der Waals surface area contributed by atoms with Crippen molar-refractivity contribution in [2.75, 3.05) is 0 Å². The summed E-state index contributed by atoms with van der Waals surface area (Å²) in [5, 5.41) is 0.301. The van der Waals surface area contributed by atoms with Crippen molar-refractivity contribution in [2.24, 2.45) is 0 Å². The summed E-state index contributed by atoms with van der Waals surface area (Å²) < 4.78 is 26.9. The predicted octanol–water partition coefficient (Wildman–Crippen LogP) is 4.02. The summed E-state index contributed by atoms with van der Waals surface area (Å²) in [5.41, 5.74) is 0.862. The van der Waals surface area contributed by atoms with Gasteiger partial charge in [0.1, 0.15) is 11.6 Å². The fourth-order valence-electron chi connectivity index (χ4n) is 1.68. The Hall–Kier alpha value is -1.74. The highest BCUT2D eigenvalue weighted by atomic mass is 35.5. The third-order valence-corrected chi connectivity index (χ3v) is 2.99. The van der Waals surface area contributed by atoms with Crippen molar-refractivity contribution in [1.82, 2.24) is 0 Å². The molecule has 0 aromatic heterocycles. The lowest BCUT2D eigenvalue weighted by Crippen LogP contribution is -1.96. The molecule has 0 spiro atoms. The third-order valence-electron chi connectivity index (χ3n) is 2.63. The molecule has 4 heteroatoms. The first kappa shape index (κ1) is 12.7. The second kappa shape index (κ2) is 5.27. The molecule has 0 aliphatic rings. The van der Waals surface area contributed by atoms with E-state index >= 15 is 0 Å². The Morgan fingerprint density at radius 1 is 1.11 bits per heavy atom. The van der Waals surface area contributed by atoms with Crippen LogP contribution in [0.3, 0.4) is 0 Å². The van der Waals surface area contributed by atoms with E-state index in [0.717, 1.165) is 0 Å². The average molecular weight is 267 g/mol. The smallest absolute Gasteiger partial charge is 0.152 e. The van der Waals surface area contributed by atoms with Crippen LogP contribution in [-0.2, 0) is 6.42 Å². The molecule has 0 N–H and O–H groups in total. The number of halogens is 3. The van der Waals surface area contributed by atoms with Gasteiger partial charge in [-0.05, 0) is 29.8 Å². The van der Waals surface area contributed by atoms with E-state index in [2.05, 4.69) is 0 Å². The number of benzene rings is 2. The molecule has 0 radical (unpaired) electrons. The van der Waals surface area contributed by atoms with Crippen LogP contribution in [0.15, 0.2) is 36.4 Å². The molecule has 0 amide bonds. The number of carbonyl (C=O) groups excluding carboxylic acids is 1. The molecule has 0 saturated carbocycles. The number of rotatable bonds is 3. The monoisotopic (exact) mass is 266 g/mol. The summed E-state index contributed by atoms with van der Waals surface area (Å²) >= 11 is 5.89. The van der Waals surface area contributed by atoms with Gasteiger partial charge in [-0.15, -0.1) is 0 Å². The molecular weight excluding hydrogens is 258 g/mol. The maximum absolute atomic E-state index is 13.5. The normalized spacial score (nSPS) is 10.4. The maximum Gasteiger partial charge on any atom is 0.152 e. The number of hydrogen-bond donors (Lipinski definition) is 0. The van der Waals surface area contributed by atoms with Gasteiger partial charge in [-0.1, -0.05) is 23.7 Å². The average Bonchev–Trinajstić information content (AvgIpc) is 2.34. The van der Waals surface area contributed by atoms with Crippen LogP contribution in [0.4, 0.5) is 8.78 Å². The van der Waals surface area contributed by atoms with Crippen LogP contribution in [0.2, 0.25) is 5.02 Å². The van der Waals surface area contributed by atoms with Crippen LogP contribution in [0.25, 0.3) is 0 Å². The van der Waals surface area contributed by atoms with E-state index < -0.39 is 11.6 Å². The quantitative estimate of drug-likeness (QED) is 0.767. The molecule has 2 aromatic rings. The maximum atomic E-state index is 13.5. The zero-order chi connectivity index (χ0) is 13.1. The molecule has 0 unspecified atom stereocenters. The Bertz CT molecular complexity index is 576. The van der Waals surface area contributed by atoms with E-state index in [4.69, 9.17) is 11.6 Å². The highest BCUT2D eigenvalue weighted by Gasteiger charge is 2.09. The predicted molar refractivity (Wildman–Crippen MR) is 66.0 cm³/mol. The SMILES string of the molecule is O=Cc1ccc(Cc2c(F)cccc2Cl)cc1F. The van der Waals surface area contributed by atoms with E-state index in [9.17, 15) is 13.6 Å². The molecule has 18 heavy (non-hydrogen) atoms. The van der Waals surface area contributed by atoms with Gasteiger partial charge in [0.15, 0.2) is 6.29 Å². The molecule has 1 nitrogen and oxygen atoms in total. The van der Waals surface area contributed by atoms with Gasteiger partial charge < -0.3 is 0 Å². The fourth-order valence-corrected chi connectivity index (χ4v) is 1.91. The van der Waals surface area contributed by atoms with Crippen LogP contribution in [0.1, 0.15) is 21.5 Å². The zero-order valence-corrected chi connectivity index (χ0v) is 10.0. The number of carbonyl (C=O) groups is 1. The van der Waals surface area contributed by atoms with Gasteiger partial charge in [-0.3, -0.25) is 4.79 Å². The first-order valence-electron chi connectivity index (χ1n) is 5.28. The van der Waals surface area contributed by atoms with E-state index in [-0.39, 0.29) is 12.0 Å². The van der Waals surface area contributed by atoms with Gasteiger partial charge in [0.25, 0.3) is 0 Å². The van der Waals surface area contributed by atoms with E-state index in [0.29, 0.717) is 22.4 Å². The Balaban J connectivity index is 2.34. The first-order chi connectivity index (χ1) is 8.61. The van der Waals surface area contributed by atoms with E-state index in [1.165, 1.54) is 24.3 Å². The van der Waals surface area contributed by atoms with Crippen LogP contribution < -0.4 is 0 Å². The van der Waals surface area contributed by atoms with Crippen LogP contribution in [-0.4, -0.2) is 6.29 Å². The Morgan fingerprint density at radius 2 is 1.89 bits per heavy atom. The Kier molecular flexibility index (Phi) is 3.72. The van der Waals surface area contributed by atoms with Gasteiger partial charge in [0.2, 0.25) is 0 Å². The molecule has 92 valence electrons. The van der Waals surface area contributed by atoms with Crippen molar-refractivity contribution in [2.45, 2.75) is 6.42 Å². The Labute approximate surface area is 108 Å². The van der Waals surface area contributed by atoms with Crippen molar-refractivity contribution in [3.05, 3.63) is 69.7 Å². The van der Waals surface area contributed by atoms with Crippen molar-refractivity contribution in [3.8, 4) is 0 Å². The molecule has 0 saturated heterocycles. The minimum Gasteiger partial charge on any atom is -0.298 e. The lowest BCUT2D eigenvalue weighted by Gasteiger charge is -2.06. The highest BCUT2D eigenvalue weighted by molar-refractivity contribution is 6.31. The summed E-state index contributed by atoms with van der Waals surface area (Å²) in [6, 6.07) is 8.55. The lowest BCUT2D eigenvalue weighted by molar-refractivity contribution is 0.112. The summed E-state index contributed by atoms with van der Waals surface area (Å²) in [6.07, 6.45) is 0.622. The molecule has 2 rings (SSSR count). The van der Waals surface area contributed by atoms with E-state index in [1.807, 2.05) is 0 Å². The van der Waals surface area contributed by atoms with Crippen LogP contribution in [0.5, 0.6) is 0 Å². The molecule has 0 fully saturated rings. The van der Waals surface area contributed by atoms with E-state index in [1.54, 1.807) is 12.1 Å². The number of aldehydes is 1. The van der Waals surface area contributed by atoms with Crippen molar-refractivity contribution < 1.29 is 13.6 Å². The molecule has 0 aliphatic carbocycles. The largest absolute Gasteiger partial charge is 0.298 e. The summed E-state index contributed by atoms with van der Waals surface area (Å²) in [6.45, 7) is 0. The first-order valence-corrected chi connectivity index (χ1v) is 5.66. The molecule has 0 heterocycles. The minimum absolute atomic E-state index is 0.0154. The molecule has 0 aliphatic heterocycles. The molecule has 2 aromatic carbocycles. The van der Waals surface area contributed by atoms with Gasteiger partial charge in [-0.25, -0.2) is 8.78 Å². The summed E-state index contributed by atoms with van der Waals surface area (Å²) in [7, 11) is 0. The van der Waals surface area contributed by atoms with Gasteiger partial charge >= 0.3 is 0 Å².